The lowest BCUT2D eigenvalue weighted by molar-refractivity contribution is 0.102. The van der Waals surface area contributed by atoms with Crippen molar-refractivity contribution in [3.05, 3.63) is 101 Å². The zero-order valence-electron chi connectivity index (χ0n) is 26.4. The largest absolute Gasteiger partial charge is 0.491 e. The Bertz CT molecular complexity index is 2040. The van der Waals surface area contributed by atoms with E-state index < -0.39 is 23.0 Å². The van der Waals surface area contributed by atoms with E-state index in [1.165, 1.54) is 80.0 Å². The number of methoxy groups -OCH3 is 2. The van der Waals surface area contributed by atoms with Crippen molar-refractivity contribution in [3.63, 3.8) is 0 Å². The van der Waals surface area contributed by atoms with Gasteiger partial charge in [-0.05, 0) is 29.8 Å². The van der Waals surface area contributed by atoms with Gasteiger partial charge < -0.3 is 29.3 Å². The number of rotatable bonds is 8. The Balaban J connectivity index is 1.47. The van der Waals surface area contributed by atoms with Crippen molar-refractivity contribution in [3.8, 4) is 34.3 Å². The first-order chi connectivity index (χ1) is 22.5. The molecular weight excluding hydrogens is 612 g/mol. The summed E-state index contributed by atoms with van der Waals surface area (Å²) in [7, 11) is 10.1. The van der Waals surface area contributed by atoms with Gasteiger partial charge in [-0.1, -0.05) is 12.1 Å². The van der Waals surface area contributed by atoms with Crippen molar-refractivity contribution in [1.29, 1.82) is 0 Å². The third kappa shape index (κ3) is 6.96. The van der Waals surface area contributed by atoms with E-state index in [1.807, 2.05) is 0 Å². The number of guanidine groups is 1. The summed E-state index contributed by atoms with van der Waals surface area (Å²) in [5, 5.41) is 7.12. The molecule has 0 saturated carbocycles. The van der Waals surface area contributed by atoms with Crippen molar-refractivity contribution in [1.82, 2.24) is 24.4 Å². The van der Waals surface area contributed by atoms with Gasteiger partial charge in [-0.25, -0.2) is 18.4 Å². The van der Waals surface area contributed by atoms with Crippen LogP contribution in [-0.4, -0.2) is 78.7 Å². The Morgan fingerprint density at radius 1 is 0.894 bits per heavy atom. The first kappa shape index (κ1) is 32.3. The van der Waals surface area contributed by atoms with Crippen LogP contribution in [0.1, 0.15) is 10.4 Å². The third-order valence-corrected chi connectivity index (χ3v) is 6.85. The quantitative estimate of drug-likeness (QED) is 0.183. The first-order valence-electron chi connectivity index (χ1n) is 14.1. The lowest BCUT2D eigenvalue weighted by Crippen LogP contribution is -2.36. The molecule has 14 heteroatoms. The van der Waals surface area contributed by atoms with Gasteiger partial charge in [0.1, 0.15) is 16.9 Å². The molecule has 0 aliphatic carbocycles. The standard InChI is InChI=1S/C33H31F2N7O5/c1-40(2)33(41(3)4)39-42-17-22(19-7-9-20(34)10-8-19)30(43)23(18-42)31(44)37-21-11-12-26(24(35)15-21)47-27-13-14-36-25-16-28(45-5)32(46-6)38-29(25)27/h7-18H,1-6H3,(H,37,44). The molecule has 0 aliphatic rings. The molecule has 0 saturated heterocycles. The van der Waals surface area contributed by atoms with Crippen LogP contribution in [0.2, 0.25) is 0 Å². The number of benzene rings is 2. The van der Waals surface area contributed by atoms with Gasteiger partial charge in [0.2, 0.25) is 11.4 Å². The highest BCUT2D eigenvalue weighted by Gasteiger charge is 2.19. The highest BCUT2D eigenvalue weighted by atomic mass is 19.1. The maximum Gasteiger partial charge on any atom is 0.261 e. The molecule has 12 nitrogen and oxygen atoms in total. The van der Waals surface area contributed by atoms with E-state index in [1.54, 1.807) is 44.1 Å². The molecule has 3 aromatic heterocycles. The number of anilines is 1. The molecule has 0 radical (unpaired) electrons. The summed E-state index contributed by atoms with van der Waals surface area (Å²) in [4.78, 5) is 39.2. The van der Waals surface area contributed by atoms with Gasteiger partial charge in [0.25, 0.3) is 11.8 Å². The molecule has 5 rings (SSSR count). The van der Waals surface area contributed by atoms with Crippen LogP contribution >= 0.6 is 0 Å². The fourth-order valence-electron chi connectivity index (χ4n) is 4.67. The smallest absolute Gasteiger partial charge is 0.261 e. The number of amides is 1. The van der Waals surface area contributed by atoms with Crippen molar-refractivity contribution in [2.75, 3.05) is 47.7 Å². The molecular formula is C33H31F2N7O5. The fourth-order valence-corrected chi connectivity index (χ4v) is 4.67. The minimum atomic E-state index is -0.808. The minimum absolute atomic E-state index is 0.0628. The zero-order chi connectivity index (χ0) is 33.8. The van der Waals surface area contributed by atoms with Crippen molar-refractivity contribution >= 4 is 28.6 Å². The predicted octanol–water partition coefficient (Wildman–Crippen LogP) is 5.04. The summed E-state index contributed by atoms with van der Waals surface area (Å²) in [6.45, 7) is 0. The van der Waals surface area contributed by atoms with Gasteiger partial charge >= 0.3 is 0 Å². The summed E-state index contributed by atoms with van der Waals surface area (Å²) in [6, 6.07) is 12.3. The van der Waals surface area contributed by atoms with Gasteiger partial charge in [-0.3, -0.25) is 14.6 Å². The molecule has 0 bridgehead atoms. The summed E-state index contributed by atoms with van der Waals surface area (Å²) in [5.41, 5.74) is 0.411. The Morgan fingerprint density at radius 3 is 2.26 bits per heavy atom. The number of hydrogen-bond acceptors (Lipinski definition) is 8. The number of carbonyl (C=O) groups is 1. The monoisotopic (exact) mass is 643 g/mol. The molecule has 0 unspecified atom stereocenters. The van der Waals surface area contributed by atoms with Crippen LogP contribution in [0, 0.1) is 11.6 Å². The molecule has 1 N–H and O–H groups in total. The van der Waals surface area contributed by atoms with E-state index >= 15 is 4.39 Å². The number of carbonyl (C=O) groups excluding carboxylic acids is 1. The van der Waals surface area contributed by atoms with Gasteiger partial charge in [0, 0.05) is 76.2 Å². The average Bonchev–Trinajstić information content (AvgIpc) is 3.04. The summed E-state index contributed by atoms with van der Waals surface area (Å²) in [6.07, 6.45) is 4.21. The number of halogens is 2. The van der Waals surface area contributed by atoms with E-state index in [2.05, 4.69) is 20.4 Å². The molecule has 5 aromatic rings. The maximum atomic E-state index is 15.3. The molecule has 0 atom stereocenters. The molecule has 3 heterocycles. The molecule has 2 aromatic carbocycles. The van der Waals surface area contributed by atoms with Crippen LogP contribution in [0.5, 0.6) is 23.1 Å². The van der Waals surface area contributed by atoms with Crippen LogP contribution in [0.4, 0.5) is 14.5 Å². The number of aromatic nitrogens is 3. The third-order valence-electron chi connectivity index (χ3n) is 6.85. The Morgan fingerprint density at radius 2 is 1.62 bits per heavy atom. The molecule has 0 spiro atoms. The fraction of sp³-hybridized carbons (Fsp3) is 0.182. The number of pyridine rings is 3. The summed E-state index contributed by atoms with van der Waals surface area (Å²) in [5.74, 6) is -0.946. The minimum Gasteiger partial charge on any atom is -0.491 e. The van der Waals surface area contributed by atoms with Crippen molar-refractivity contribution < 1.29 is 27.8 Å². The maximum absolute atomic E-state index is 15.3. The van der Waals surface area contributed by atoms with Gasteiger partial charge in [0.15, 0.2) is 23.1 Å². The number of hydrogen-bond donors (Lipinski definition) is 1. The van der Waals surface area contributed by atoms with Crippen LogP contribution in [0.3, 0.4) is 0 Å². The second-order valence-electron chi connectivity index (χ2n) is 10.6. The molecule has 0 fully saturated rings. The van der Waals surface area contributed by atoms with Gasteiger partial charge in [0.05, 0.1) is 19.7 Å². The van der Waals surface area contributed by atoms with Crippen LogP contribution in [0.15, 0.2) is 83.1 Å². The Kier molecular flexibility index (Phi) is 9.31. The van der Waals surface area contributed by atoms with Crippen molar-refractivity contribution in [2.45, 2.75) is 0 Å². The van der Waals surface area contributed by atoms with Gasteiger partial charge in [-0.15, -0.1) is 5.10 Å². The van der Waals surface area contributed by atoms with Crippen LogP contribution in [0.25, 0.3) is 22.2 Å². The van der Waals surface area contributed by atoms with Crippen LogP contribution < -0.4 is 25.0 Å². The summed E-state index contributed by atoms with van der Waals surface area (Å²) >= 11 is 0. The van der Waals surface area contributed by atoms with E-state index in [0.29, 0.717) is 28.3 Å². The number of fused-ring (bicyclic) bond motifs is 1. The van der Waals surface area contributed by atoms with E-state index in [9.17, 15) is 14.0 Å². The first-order valence-corrected chi connectivity index (χ1v) is 14.1. The number of ether oxygens (including phenoxy) is 3. The number of nitrogens with zero attached hydrogens (tertiary/aromatic N) is 6. The predicted molar refractivity (Wildman–Crippen MR) is 173 cm³/mol. The second kappa shape index (κ2) is 13.5. The van der Waals surface area contributed by atoms with E-state index in [0.717, 1.165) is 6.07 Å². The normalized spacial score (nSPS) is 10.7. The molecule has 242 valence electrons. The van der Waals surface area contributed by atoms with Crippen LogP contribution in [-0.2, 0) is 0 Å². The number of nitrogens with one attached hydrogen (secondary N) is 1. The molecule has 47 heavy (non-hydrogen) atoms. The SMILES string of the molecule is COc1cc2nccc(Oc3ccc(NC(=O)c4cn(N=C(N(C)C)N(C)C)cc(-c5ccc(F)cc5)c4=O)cc3F)c2nc1OC. The topological polar surface area (TPSA) is 123 Å². The highest BCUT2D eigenvalue weighted by Crippen LogP contribution is 2.35. The summed E-state index contributed by atoms with van der Waals surface area (Å²) < 4.78 is 46.7. The van der Waals surface area contributed by atoms with E-state index in [4.69, 9.17) is 14.2 Å². The lowest BCUT2D eigenvalue weighted by Gasteiger charge is -2.22. The zero-order valence-corrected chi connectivity index (χ0v) is 26.4. The molecule has 1 amide bonds. The van der Waals surface area contributed by atoms with E-state index in [-0.39, 0.29) is 34.2 Å². The Hall–Kier alpha value is -6.05. The highest BCUT2D eigenvalue weighted by molar-refractivity contribution is 6.04. The average molecular weight is 644 g/mol. The van der Waals surface area contributed by atoms with Crippen molar-refractivity contribution in [2.24, 2.45) is 5.10 Å². The second-order valence-corrected chi connectivity index (χ2v) is 10.6. The molecule has 0 aliphatic heterocycles. The lowest BCUT2D eigenvalue weighted by atomic mass is 10.0. The Labute approximate surface area is 268 Å². The van der Waals surface area contributed by atoms with Gasteiger partial charge in [-0.2, -0.15) is 0 Å².